The maximum absolute atomic E-state index is 12.8. The molecule has 1 atom stereocenters. The van der Waals surface area contributed by atoms with Gasteiger partial charge in [0.25, 0.3) is 5.91 Å². The highest BCUT2D eigenvalue weighted by molar-refractivity contribution is 5.97. The lowest BCUT2D eigenvalue weighted by molar-refractivity contribution is -0.159. The minimum Gasteiger partial charge on any atom is -0.497 e. The predicted octanol–water partition coefficient (Wildman–Crippen LogP) is 3.21. The molecule has 3 rings (SSSR count). The fourth-order valence-electron chi connectivity index (χ4n) is 3.84. The van der Waals surface area contributed by atoms with E-state index in [1.54, 1.807) is 31.4 Å². The maximum atomic E-state index is 12.8. The molecule has 1 fully saturated rings. The Kier molecular flexibility index (Phi) is 7.58. The van der Waals surface area contributed by atoms with Gasteiger partial charge in [-0.15, -0.1) is 0 Å². The maximum Gasteiger partial charge on any atom is 0.336 e. The van der Waals surface area contributed by atoms with Crippen LogP contribution in [0.5, 0.6) is 17.2 Å². The number of ether oxygens (including phenoxy) is 4. The van der Waals surface area contributed by atoms with Crippen molar-refractivity contribution in [2.45, 2.75) is 38.3 Å². The molecule has 1 unspecified atom stereocenters. The third kappa shape index (κ3) is 5.13. The molecule has 172 valence electrons. The van der Waals surface area contributed by atoms with E-state index in [2.05, 4.69) is 5.32 Å². The minimum atomic E-state index is -1.20. The van der Waals surface area contributed by atoms with Crippen molar-refractivity contribution in [3.63, 3.8) is 0 Å². The molecule has 1 saturated heterocycles. The van der Waals surface area contributed by atoms with E-state index in [0.717, 1.165) is 17.5 Å². The van der Waals surface area contributed by atoms with Gasteiger partial charge in [0, 0.05) is 31.2 Å². The second kappa shape index (κ2) is 10.4. The first-order valence-electron chi connectivity index (χ1n) is 10.5. The van der Waals surface area contributed by atoms with Gasteiger partial charge >= 0.3 is 5.97 Å². The fourth-order valence-corrected chi connectivity index (χ4v) is 3.84. The van der Waals surface area contributed by atoms with Crippen molar-refractivity contribution in [1.82, 2.24) is 5.32 Å². The summed E-state index contributed by atoms with van der Waals surface area (Å²) in [7, 11) is 3.04. The number of methoxy groups -OCH3 is 2. The van der Waals surface area contributed by atoms with E-state index in [1.165, 1.54) is 7.11 Å². The van der Waals surface area contributed by atoms with E-state index in [0.29, 0.717) is 42.4 Å². The van der Waals surface area contributed by atoms with Gasteiger partial charge in [0.1, 0.15) is 17.2 Å². The van der Waals surface area contributed by atoms with E-state index >= 15 is 0 Å². The normalized spacial score (nSPS) is 17.6. The number of amides is 1. The molecule has 1 aliphatic heterocycles. The van der Waals surface area contributed by atoms with E-state index in [-0.39, 0.29) is 18.9 Å². The van der Waals surface area contributed by atoms with Crippen molar-refractivity contribution in [1.29, 1.82) is 0 Å². The first-order valence-corrected chi connectivity index (χ1v) is 10.5. The molecule has 1 aliphatic rings. The van der Waals surface area contributed by atoms with Crippen LogP contribution >= 0.6 is 0 Å². The summed E-state index contributed by atoms with van der Waals surface area (Å²) in [5.74, 6) is 0.368. The molecule has 2 N–H and O–H groups in total. The van der Waals surface area contributed by atoms with Crippen molar-refractivity contribution in [3.05, 3.63) is 53.1 Å². The Bertz CT molecular complexity index is 967. The molecule has 0 spiro atoms. The minimum absolute atomic E-state index is 0.206. The summed E-state index contributed by atoms with van der Waals surface area (Å²) in [6.45, 7) is 2.99. The summed E-state index contributed by atoms with van der Waals surface area (Å²) in [5, 5.41) is 12.6. The number of aliphatic carboxylic acids is 1. The van der Waals surface area contributed by atoms with Crippen molar-refractivity contribution in [3.8, 4) is 17.2 Å². The topological polar surface area (TPSA) is 103 Å². The van der Waals surface area contributed by atoms with Crippen LogP contribution in [0, 0.1) is 0 Å². The summed E-state index contributed by atoms with van der Waals surface area (Å²) in [4.78, 5) is 24.6. The van der Waals surface area contributed by atoms with E-state index in [9.17, 15) is 14.7 Å². The molecule has 0 aliphatic carbocycles. The lowest BCUT2D eigenvalue weighted by atomic mass is 9.91. The van der Waals surface area contributed by atoms with Gasteiger partial charge in [-0.05, 0) is 43.5 Å². The van der Waals surface area contributed by atoms with Crippen LogP contribution in [0.4, 0.5) is 0 Å². The van der Waals surface area contributed by atoms with Crippen molar-refractivity contribution < 1.29 is 33.6 Å². The second-order valence-electron chi connectivity index (χ2n) is 7.55. The van der Waals surface area contributed by atoms with Gasteiger partial charge in [-0.2, -0.15) is 0 Å². The summed E-state index contributed by atoms with van der Waals surface area (Å²) in [6, 6.07) is 10.5. The molecule has 2 aromatic rings. The Hall–Kier alpha value is -3.26. The fraction of sp³-hybridized carbons (Fsp3) is 0.417. The Morgan fingerprint density at radius 1 is 1.12 bits per heavy atom. The van der Waals surface area contributed by atoms with E-state index in [4.69, 9.17) is 18.9 Å². The van der Waals surface area contributed by atoms with Crippen LogP contribution in [0.15, 0.2) is 36.4 Å². The largest absolute Gasteiger partial charge is 0.497 e. The van der Waals surface area contributed by atoms with Gasteiger partial charge in [-0.1, -0.05) is 12.1 Å². The average molecular weight is 443 g/mol. The van der Waals surface area contributed by atoms with Crippen LogP contribution in [0.3, 0.4) is 0 Å². The molecule has 0 aromatic heterocycles. The third-order valence-corrected chi connectivity index (χ3v) is 5.50. The molecule has 0 bridgehead atoms. The number of nitrogens with one attached hydrogen (secondary N) is 1. The molecule has 8 heteroatoms. The predicted molar refractivity (Wildman–Crippen MR) is 118 cm³/mol. The molecule has 8 nitrogen and oxygen atoms in total. The molecule has 0 radical (unpaired) electrons. The Morgan fingerprint density at radius 3 is 2.56 bits per heavy atom. The number of benzene rings is 2. The highest BCUT2D eigenvalue weighted by atomic mass is 16.5. The molecular weight excluding hydrogens is 414 g/mol. The zero-order chi connectivity index (χ0) is 23.1. The number of carboxylic acid groups (broad SMARTS) is 1. The Morgan fingerprint density at radius 2 is 1.94 bits per heavy atom. The van der Waals surface area contributed by atoms with Crippen LogP contribution in [-0.4, -0.2) is 50.0 Å². The lowest BCUT2D eigenvalue weighted by Gasteiger charge is -2.24. The smallest absolute Gasteiger partial charge is 0.336 e. The van der Waals surface area contributed by atoms with E-state index < -0.39 is 11.6 Å². The highest BCUT2D eigenvalue weighted by Crippen LogP contribution is 2.32. The summed E-state index contributed by atoms with van der Waals surface area (Å²) < 4.78 is 21.8. The lowest BCUT2D eigenvalue weighted by Crippen LogP contribution is -2.40. The van der Waals surface area contributed by atoms with Crippen molar-refractivity contribution in [2.75, 3.05) is 27.4 Å². The van der Waals surface area contributed by atoms with Crippen LogP contribution in [0.2, 0.25) is 0 Å². The zero-order valence-corrected chi connectivity index (χ0v) is 18.6. The van der Waals surface area contributed by atoms with Gasteiger partial charge in [0.05, 0.1) is 26.4 Å². The number of carbonyl (C=O) groups excluding carboxylic acids is 1. The Balaban J connectivity index is 1.79. The standard InChI is InChI=1S/C24H29NO7/c1-4-31-20-9-6-16(14-24(23(27)28)10-5-11-32-24)12-17(20)15-25-22(26)19-8-7-18(29-2)13-21(19)30-3/h6-9,12-13H,4-5,10-11,14-15H2,1-3H3,(H,25,26)(H,27,28). The van der Waals surface area contributed by atoms with Gasteiger partial charge in [0.15, 0.2) is 5.60 Å². The number of rotatable bonds is 10. The van der Waals surface area contributed by atoms with Gasteiger partial charge in [-0.3, -0.25) is 4.79 Å². The molecule has 1 heterocycles. The molecule has 32 heavy (non-hydrogen) atoms. The third-order valence-electron chi connectivity index (χ3n) is 5.50. The zero-order valence-electron chi connectivity index (χ0n) is 18.6. The Labute approximate surface area is 187 Å². The van der Waals surface area contributed by atoms with Crippen LogP contribution in [0.25, 0.3) is 0 Å². The average Bonchev–Trinajstić information content (AvgIpc) is 3.28. The molecule has 0 saturated carbocycles. The summed E-state index contributed by atoms with van der Waals surface area (Å²) in [5.41, 5.74) is 0.740. The second-order valence-corrected chi connectivity index (χ2v) is 7.55. The van der Waals surface area contributed by atoms with Gasteiger partial charge in [0.2, 0.25) is 0 Å². The number of hydrogen-bond donors (Lipinski definition) is 2. The first kappa shape index (κ1) is 23.4. The van der Waals surface area contributed by atoms with Gasteiger partial charge < -0.3 is 29.4 Å². The van der Waals surface area contributed by atoms with Crippen molar-refractivity contribution >= 4 is 11.9 Å². The quantitative estimate of drug-likeness (QED) is 0.581. The molecular formula is C24H29NO7. The number of hydrogen-bond acceptors (Lipinski definition) is 6. The first-order chi connectivity index (χ1) is 15.4. The number of carboxylic acids is 1. The highest BCUT2D eigenvalue weighted by Gasteiger charge is 2.43. The van der Waals surface area contributed by atoms with E-state index in [1.807, 2.05) is 19.1 Å². The summed E-state index contributed by atoms with van der Waals surface area (Å²) >= 11 is 0. The number of carbonyl (C=O) groups is 2. The monoisotopic (exact) mass is 443 g/mol. The van der Waals surface area contributed by atoms with Gasteiger partial charge in [-0.25, -0.2) is 4.79 Å². The van der Waals surface area contributed by atoms with Crippen molar-refractivity contribution in [2.24, 2.45) is 0 Å². The molecule has 2 aromatic carbocycles. The summed E-state index contributed by atoms with van der Waals surface area (Å²) in [6.07, 6.45) is 1.44. The van der Waals surface area contributed by atoms with Crippen LogP contribution in [0.1, 0.15) is 41.3 Å². The SMILES string of the molecule is CCOc1ccc(CC2(C(=O)O)CCCO2)cc1CNC(=O)c1ccc(OC)cc1OC. The molecule has 1 amide bonds. The van der Waals surface area contributed by atoms with Crippen LogP contribution in [-0.2, 0) is 22.5 Å². The van der Waals surface area contributed by atoms with Crippen LogP contribution < -0.4 is 19.5 Å².